The van der Waals surface area contributed by atoms with Crippen molar-refractivity contribution in [1.29, 1.82) is 0 Å². The SMILES string of the molecule is CC(C)c1noc(C2CCN(Cc3cc(=O)c4cc(F)ccc4[nH]3)CC2)n1. The van der Waals surface area contributed by atoms with Gasteiger partial charge in [0.1, 0.15) is 5.82 Å². The number of rotatable bonds is 4. The first kappa shape index (κ1) is 17.9. The van der Waals surface area contributed by atoms with E-state index in [0.717, 1.165) is 43.3 Å². The van der Waals surface area contributed by atoms with E-state index in [0.29, 0.717) is 23.4 Å². The average Bonchev–Trinajstić information content (AvgIpc) is 3.14. The van der Waals surface area contributed by atoms with Gasteiger partial charge in [-0.2, -0.15) is 4.98 Å². The van der Waals surface area contributed by atoms with Crippen LogP contribution in [0.2, 0.25) is 0 Å². The summed E-state index contributed by atoms with van der Waals surface area (Å²) < 4.78 is 18.8. The van der Waals surface area contributed by atoms with Gasteiger partial charge in [-0.15, -0.1) is 0 Å². The van der Waals surface area contributed by atoms with E-state index in [1.807, 2.05) is 0 Å². The number of likely N-dealkylation sites (tertiary alicyclic amines) is 1. The summed E-state index contributed by atoms with van der Waals surface area (Å²) in [7, 11) is 0. The lowest BCUT2D eigenvalue weighted by molar-refractivity contribution is 0.186. The van der Waals surface area contributed by atoms with Crippen LogP contribution in [0.5, 0.6) is 0 Å². The van der Waals surface area contributed by atoms with E-state index in [4.69, 9.17) is 4.52 Å². The zero-order chi connectivity index (χ0) is 19.0. The summed E-state index contributed by atoms with van der Waals surface area (Å²) >= 11 is 0. The van der Waals surface area contributed by atoms with Crippen molar-refractivity contribution in [3.63, 3.8) is 0 Å². The largest absolute Gasteiger partial charge is 0.357 e. The standard InChI is InChI=1S/C20H23FN4O2/c1-12(2)19-23-20(27-24-19)13-5-7-25(8-6-13)11-15-10-18(26)16-9-14(21)3-4-17(16)22-15/h3-4,9-10,12-13H,5-8,11H2,1-2H3,(H,22,26). The van der Waals surface area contributed by atoms with E-state index in [1.165, 1.54) is 12.1 Å². The van der Waals surface area contributed by atoms with Gasteiger partial charge in [0.25, 0.3) is 0 Å². The first-order valence-electron chi connectivity index (χ1n) is 9.37. The third kappa shape index (κ3) is 3.78. The molecule has 2 aromatic heterocycles. The van der Waals surface area contributed by atoms with E-state index in [9.17, 15) is 9.18 Å². The molecular formula is C20H23FN4O2. The lowest BCUT2D eigenvalue weighted by Gasteiger charge is -2.30. The predicted molar refractivity (Wildman–Crippen MR) is 100 cm³/mol. The van der Waals surface area contributed by atoms with E-state index >= 15 is 0 Å². The molecule has 0 radical (unpaired) electrons. The van der Waals surface area contributed by atoms with Gasteiger partial charge in [0, 0.05) is 41.0 Å². The molecule has 1 saturated heterocycles. The normalized spacial score (nSPS) is 16.4. The smallest absolute Gasteiger partial charge is 0.229 e. The Labute approximate surface area is 156 Å². The Morgan fingerprint density at radius 1 is 1.30 bits per heavy atom. The van der Waals surface area contributed by atoms with Crippen LogP contribution in [-0.4, -0.2) is 33.1 Å². The van der Waals surface area contributed by atoms with Crippen LogP contribution in [0.15, 0.2) is 33.6 Å². The average molecular weight is 370 g/mol. The lowest BCUT2D eigenvalue weighted by atomic mass is 9.96. The number of nitrogens with one attached hydrogen (secondary N) is 1. The molecule has 0 spiro atoms. The number of hydrogen-bond donors (Lipinski definition) is 1. The zero-order valence-electron chi connectivity index (χ0n) is 15.5. The van der Waals surface area contributed by atoms with Crippen LogP contribution in [0.25, 0.3) is 10.9 Å². The molecule has 3 aromatic rings. The fourth-order valence-electron chi connectivity index (χ4n) is 3.59. The molecule has 3 heterocycles. The monoisotopic (exact) mass is 370 g/mol. The van der Waals surface area contributed by atoms with Crippen molar-refractivity contribution in [2.24, 2.45) is 0 Å². The van der Waals surface area contributed by atoms with Crippen LogP contribution < -0.4 is 5.43 Å². The summed E-state index contributed by atoms with van der Waals surface area (Å²) in [5, 5.41) is 4.44. The molecule has 1 aliphatic heterocycles. The number of aromatic amines is 1. The van der Waals surface area contributed by atoms with Crippen molar-refractivity contribution in [2.45, 2.75) is 45.1 Å². The number of nitrogens with zero attached hydrogens (tertiary/aromatic N) is 3. The van der Waals surface area contributed by atoms with Crippen molar-refractivity contribution >= 4 is 10.9 Å². The van der Waals surface area contributed by atoms with Gasteiger partial charge in [0.05, 0.1) is 0 Å². The maximum Gasteiger partial charge on any atom is 0.229 e. The van der Waals surface area contributed by atoms with Crippen molar-refractivity contribution < 1.29 is 8.91 Å². The molecule has 0 aliphatic carbocycles. The van der Waals surface area contributed by atoms with Crippen molar-refractivity contribution in [3.05, 3.63) is 57.7 Å². The molecule has 1 N–H and O–H groups in total. The minimum absolute atomic E-state index is 0.153. The molecule has 4 rings (SSSR count). The Morgan fingerprint density at radius 3 is 2.78 bits per heavy atom. The van der Waals surface area contributed by atoms with Crippen LogP contribution in [0.3, 0.4) is 0 Å². The summed E-state index contributed by atoms with van der Waals surface area (Å²) in [6, 6.07) is 5.83. The second kappa shape index (κ2) is 7.23. The molecule has 0 unspecified atom stereocenters. The molecule has 142 valence electrons. The van der Waals surface area contributed by atoms with Crippen molar-refractivity contribution in [1.82, 2.24) is 20.0 Å². The van der Waals surface area contributed by atoms with E-state index in [2.05, 4.69) is 33.9 Å². The van der Waals surface area contributed by atoms with Crippen LogP contribution in [-0.2, 0) is 6.54 Å². The van der Waals surface area contributed by atoms with E-state index in [1.54, 1.807) is 12.1 Å². The molecular weight excluding hydrogens is 347 g/mol. The molecule has 7 heteroatoms. The molecule has 1 aromatic carbocycles. The highest BCUT2D eigenvalue weighted by atomic mass is 19.1. The Morgan fingerprint density at radius 2 is 2.07 bits per heavy atom. The van der Waals surface area contributed by atoms with Crippen molar-refractivity contribution in [2.75, 3.05) is 13.1 Å². The quantitative estimate of drug-likeness (QED) is 0.760. The number of aromatic nitrogens is 3. The topological polar surface area (TPSA) is 75.0 Å². The van der Waals surface area contributed by atoms with Gasteiger partial charge in [-0.25, -0.2) is 4.39 Å². The summed E-state index contributed by atoms with van der Waals surface area (Å²) in [6.45, 7) is 6.56. The van der Waals surface area contributed by atoms with Gasteiger partial charge < -0.3 is 9.51 Å². The molecule has 27 heavy (non-hydrogen) atoms. The fourth-order valence-corrected chi connectivity index (χ4v) is 3.59. The number of benzene rings is 1. The number of hydrogen-bond acceptors (Lipinski definition) is 5. The van der Waals surface area contributed by atoms with Gasteiger partial charge in [-0.05, 0) is 44.1 Å². The minimum atomic E-state index is -0.399. The Balaban J connectivity index is 1.42. The Kier molecular flexibility index (Phi) is 4.78. The van der Waals surface area contributed by atoms with Crippen LogP contribution in [0.1, 0.15) is 55.9 Å². The molecule has 0 amide bonds. The van der Waals surface area contributed by atoms with Gasteiger partial charge >= 0.3 is 0 Å². The molecule has 0 saturated carbocycles. The molecule has 1 aliphatic rings. The van der Waals surface area contributed by atoms with Crippen LogP contribution in [0.4, 0.5) is 4.39 Å². The summed E-state index contributed by atoms with van der Waals surface area (Å²) in [4.78, 5) is 22.3. The third-order valence-corrected chi connectivity index (χ3v) is 5.15. The van der Waals surface area contributed by atoms with Crippen LogP contribution in [0, 0.1) is 5.82 Å². The van der Waals surface area contributed by atoms with Gasteiger partial charge in [0.2, 0.25) is 5.89 Å². The molecule has 0 atom stereocenters. The highest BCUT2D eigenvalue weighted by molar-refractivity contribution is 5.78. The number of halogens is 1. The highest BCUT2D eigenvalue weighted by Crippen LogP contribution is 2.28. The second-order valence-corrected chi connectivity index (χ2v) is 7.54. The molecule has 0 bridgehead atoms. The number of piperidine rings is 1. The lowest BCUT2D eigenvalue weighted by Crippen LogP contribution is -2.33. The predicted octanol–water partition coefficient (Wildman–Crippen LogP) is 3.55. The fraction of sp³-hybridized carbons (Fsp3) is 0.450. The van der Waals surface area contributed by atoms with Gasteiger partial charge in [0.15, 0.2) is 11.3 Å². The van der Waals surface area contributed by atoms with Gasteiger partial charge in [-0.1, -0.05) is 19.0 Å². The first-order valence-corrected chi connectivity index (χ1v) is 9.37. The maximum atomic E-state index is 13.3. The minimum Gasteiger partial charge on any atom is -0.357 e. The third-order valence-electron chi connectivity index (χ3n) is 5.15. The Hall–Kier alpha value is -2.54. The number of fused-ring (bicyclic) bond motifs is 1. The molecule has 1 fully saturated rings. The maximum absolute atomic E-state index is 13.3. The Bertz CT molecular complexity index is 1000. The van der Waals surface area contributed by atoms with Gasteiger partial charge in [-0.3, -0.25) is 9.69 Å². The van der Waals surface area contributed by atoms with E-state index < -0.39 is 5.82 Å². The summed E-state index contributed by atoms with van der Waals surface area (Å²) in [5.41, 5.74) is 1.36. The van der Waals surface area contributed by atoms with Crippen LogP contribution >= 0.6 is 0 Å². The summed E-state index contributed by atoms with van der Waals surface area (Å²) in [6.07, 6.45) is 1.89. The zero-order valence-corrected chi connectivity index (χ0v) is 15.5. The highest BCUT2D eigenvalue weighted by Gasteiger charge is 2.25. The number of pyridine rings is 1. The van der Waals surface area contributed by atoms with Crippen molar-refractivity contribution in [3.8, 4) is 0 Å². The summed E-state index contributed by atoms with van der Waals surface area (Å²) in [5.74, 6) is 1.65. The molecule has 6 nitrogen and oxygen atoms in total. The second-order valence-electron chi connectivity index (χ2n) is 7.54. The first-order chi connectivity index (χ1) is 13.0. The van der Waals surface area contributed by atoms with E-state index in [-0.39, 0.29) is 11.3 Å². The number of H-pyrrole nitrogens is 1.